The van der Waals surface area contributed by atoms with Crippen molar-refractivity contribution in [2.75, 3.05) is 0 Å². The van der Waals surface area contributed by atoms with E-state index in [1.807, 2.05) is 20.2 Å². The topological polar surface area (TPSA) is 38.8 Å². The molecular formula is C7H12N3O+. The fourth-order valence-corrected chi connectivity index (χ4v) is 0.971. The molecule has 11 heavy (non-hydrogen) atoms. The summed E-state index contributed by atoms with van der Waals surface area (Å²) in [7, 11) is 1.84. The van der Waals surface area contributed by atoms with E-state index in [0.29, 0.717) is 6.54 Å². The van der Waals surface area contributed by atoms with E-state index in [1.54, 1.807) is 16.3 Å². The maximum atomic E-state index is 10.7. The summed E-state index contributed by atoms with van der Waals surface area (Å²) in [5.41, 5.74) is 1.00. The zero-order valence-corrected chi connectivity index (χ0v) is 7.03. The Balaban J connectivity index is 2.85. The normalized spacial score (nSPS) is 10.1. The van der Waals surface area contributed by atoms with Crippen LogP contribution in [0.1, 0.15) is 12.6 Å². The number of hydrogen-bond acceptors (Lipinski definition) is 2. The Labute approximate surface area is 65.4 Å². The van der Waals surface area contributed by atoms with Gasteiger partial charge in [0.1, 0.15) is 7.05 Å². The molecule has 0 unspecified atom stereocenters. The molecule has 0 atom stereocenters. The Kier molecular flexibility index (Phi) is 2.03. The van der Waals surface area contributed by atoms with Crippen LogP contribution in [0.25, 0.3) is 0 Å². The Hall–Kier alpha value is -1.19. The highest BCUT2D eigenvalue weighted by molar-refractivity contribution is 5.75. The number of carbonyl (C=O) groups excluding carboxylic acids is 1. The van der Waals surface area contributed by atoms with Crippen molar-refractivity contribution in [3.8, 4) is 0 Å². The molecule has 4 nitrogen and oxygen atoms in total. The van der Waals surface area contributed by atoms with Crippen molar-refractivity contribution >= 4 is 5.78 Å². The number of nitrogens with zero attached hydrogens (tertiary/aromatic N) is 3. The molecular weight excluding hydrogens is 142 g/mol. The molecule has 0 aliphatic carbocycles. The summed E-state index contributed by atoms with van der Waals surface area (Å²) in [6.07, 6.45) is 1.88. The number of aromatic nitrogens is 3. The van der Waals surface area contributed by atoms with Gasteiger partial charge in [-0.1, -0.05) is 0 Å². The molecule has 0 saturated carbocycles. The number of hydrogen-bond donors (Lipinski definition) is 0. The van der Waals surface area contributed by atoms with E-state index in [2.05, 4.69) is 5.21 Å². The zero-order chi connectivity index (χ0) is 8.43. The fourth-order valence-electron chi connectivity index (χ4n) is 0.971. The molecule has 1 heterocycles. The van der Waals surface area contributed by atoms with E-state index >= 15 is 0 Å². The first-order chi connectivity index (χ1) is 5.09. The summed E-state index contributed by atoms with van der Waals surface area (Å²) in [5.74, 6) is 0.122. The summed E-state index contributed by atoms with van der Waals surface area (Å²) in [4.78, 5) is 10.7. The third-order valence-corrected chi connectivity index (χ3v) is 1.40. The lowest BCUT2D eigenvalue weighted by atomic mass is 10.4. The Morgan fingerprint density at radius 2 is 2.45 bits per heavy atom. The molecule has 0 aliphatic rings. The molecule has 0 N–H and O–H groups in total. The maximum Gasteiger partial charge on any atom is 0.173 e. The van der Waals surface area contributed by atoms with Crippen LogP contribution in [-0.4, -0.2) is 15.7 Å². The van der Waals surface area contributed by atoms with E-state index in [1.165, 1.54) is 0 Å². The third kappa shape index (κ3) is 1.86. The van der Waals surface area contributed by atoms with E-state index in [9.17, 15) is 4.79 Å². The van der Waals surface area contributed by atoms with Crippen LogP contribution in [0.2, 0.25) is 0 Å². The highest BCUT2D eigenvalue weighted by Gasteiger charge is 2.10. The smallest absolute Gasteiger partial charge is 0.173 e. The van der Waals surface area contributed by atoms with Crippen LogP contribution >= 0.6 is 0 Å². The van der Waals surface area contributed by atoms with Crippen molar-refractivity contribution in [3.05, 3.63) is 11.9 Å². The van der Waals surface area contributed by atoms with Crippen LogP contribution in [0.4, 0.5) is 0 Å². The quantitative estimate of drug-likeness (QED) is 0.544. The van der Waals surface area contributed by atoms with Crippen LogP contribution in [0.15, 0.2) is 6.20 Å². The minimum Gasteiger partial charge on any atom is -0.295 e. The highest BCUT2D eigenvalue weighted by Crippen LogP contribution is 1.90. The van der Waals surface area contributed by atoms with Gasteiger partial charge in [-0.3, -0.25) is 4.79 Å². The summed E-state index contributed by atoms with van der Waals surface area (Å²) in [5, 5.41) is 4.06. The monoisotopic (exact) mass is 154 g/mol. The Bertz CT molecular complexity index is 277. The van der Waals surface area contributed by atoms with Gasteiger partial charge in [0.15, 0.2) is 24.2 Å². The first kappa shape index (κ1) is 7.91. The average molecular weight is 154 g/mol. The molecule has 0 bridgehead atoms. The summed E-state index contributed by atoms with van der Waals surface area (Å²) in [6.45, 7) is 3.85. The van der Waals surface area contributed by atoms with E-state index in [0.717, 1.165) is 5.69 Å². The summed E-state index contributed by atoms with van der Waals surface area (Å²) in [6, 6.07) is 0. The van der Waals surface area contributed by atoms with Crippen LogP contribution in [-0.2, 0) is 18.4 Å². The predicted molar refractivity (Wildman–Crippen MR) is 38.8 cm³/mol. The van der Waals surface area contributed by atoms with Crippen LogP contribution in [0.5, 0.6) is 0 Å². The highest BCUT2D eigenvalue weighted by atomic mass is 16.1. The molecule has 0 amide bonds. The first-order valence-electron chi connectivity index (χ1n) is 3.49. The molecule has 1 rings (SSSR count). The maximum absolute atomic E-state index is 10.7. The molecule has 1 aromatic heterocycles. The number of aryl methyl sites for hydroxylation is 2. The second-order valence-corrected chi connectivity index (χ2v) is 2.69. The molecule has 4 heteroatoms. The fraction of sp³-hybridized carbons (Fsp3) is 0.571. The van der Waals surface area contributed by atoms with Crippen LogP contribution < -0.4 is 4.68 Å². The average Bonchev–Trinajstić information content (AvgIpc) is 2.09. The molecule has 0 spiro atoms. The van der Waals surface area contributed by atoms with Crippen molar-refractivity contribution in [1.29, 1.82) is 0 Å². The minimum absolute atomic E-state index is 0.122. The summed E-state index contributed by atoms with van der Waals surface area (Å²) < 4.78 is 3.38. The predicted octanol–water partition coefficient (Wildman–Crippen LogP) is -0.395. The Morgan fingerprint density at radius 3 is 2.82 bits per heavy atom. The lowest BCUT2D eigenvalue weighted by Crippen LogP contribution is -2.30. The zero-order valence-electron chi connectivity index (χ0n) is 7.03. The third-order valence-electron chi connectivity index (χ3n) is 1.40. The van der Waals surface area contributed by atoms with E-state index in [-0.39, 0.29) is 5.78 Å². The minimum atomic E-state index is 0.122. The van der Waals surface area contributed by atoms with Crippen molar-refractivity contribution in [2.45, 2.75) is 20.4 Å². The summed E-state index contributed by atoms with van der Waals surface area (Å²) >= 11 is 0. The number of rotatable bonds is 2. The molecule has 0 aliphatic heterocycles. The van der Waals surface area contributed by atoms with Gasteiger partial charge in [0.2, 0.25) is 0 Å². The van der Waals surface area contributed by atoms with Gasteiger partial charge in [0.05, 0.1) is 5.21 Å². The second kappa shape index (κ2) is 2.82. The Morgan fingerprint density at radius 1 is 1.82 bits per heavy atom. The second-order valence-electron chi connectivity index (χ2n) is 2.69. The molecule has 60 valence electrons. The lowest BCUT2D eigenvalue weighted by molar-refractivity contribution is -0.732. The van der Waals surface area contributed by atoms with Gasteiger partial charge in [-0.25, -0.2) is 0 Å². The van der Waals surface area contributed by atoms with Gasteiger partial charge in [-0.15, -0.1) is 9.36 Å². The molecule has 0 aromatic carbocycles. The van der Waals surface area contributed by atoms with Gasteiger partial charge >= 0.3 is 0 Å². The van der Waals surface area contributed by atoms with Gasteiger partial charge in [-0.2, -0.15) is 0 Å². The lowest BCUT2D eigenvalue weighted by Gasteiger charge is -1.88. The van der Waals surface area contributed by atoms with Crippen molar-refractivity contribution in [2.24, 2.45) is 7.05 Å². The van der Waals surface area contributed by atoms with Gasteiger partial charge < -0.3 is 0 Å². The van der Waals surface area contributed by atoms with Crippen molar-refractivity contribution in [1.82, 2.24) is 9.90 Å². The standard InChI is InChI=1S/C7H12N3O/c1-6-4-9(3)8-10(6)5-7(2)11/h4H,5H2,1-3H3/q+1. The number of ketones is 1. The molecule has 1 aromatic rings. The van der Waals surface area contributed by atoms with Gasteiger partial charge in [0, 0.05) is 6.92 Å². The molecule has 0 radical (unpaired) electrons. The van der Waals surface area contributed by atoms with Crippen LogP contribution in [0.3, 0.4) is 0 Å². The van der Waals surface area contributed by atoms with Crippen molar-refractivity contribution in [3.63, 3.8) is 0 Å². The van der Waals surface area contributed by atoms with Gasteiger partial charge in [0.25, 0.3) is 0 Å². The molecule has 0 saturated heterocycles. The first-order valence-corrected chi connectivity index (χ1v) is 3.49. The van der Waals surface area contributed by atoms with Gasteiger partial charge in [-0.05, 0) is 6.92 Å². The van der Waals surface area contributed by atoms with Crippen LogP contribution in [0, 0.1) is 6.92 Å². The molecule has 0 fully saturated rings. The van der Waals surface area contributed by atoms with E-state index in [4.69, 9.17) is 0 Å². The number of carbonyl (C=O) groups is 1. The SMILES string of the molecule is CC(=O)Cn1n[n+](C)cc1C. The van der Waals surface area contributed by atoms with Crippen molar-refractivity contribution < 1.29 is 9.48 Å². The number of Topliss-reactive ketones (excluding diaryl/α,β-unsaturated/α-hetero) is 1. The largest absolute Gasteiger partial charge is 0.295 e. The van der Waals surface area contributed by atoms with E-state index < -0.39 is 0 Å².